The maximum Gasteiger partial charge on any atom is 0.336 e. The molecule has 0 aliphatic carbocycles. The maximum absolute atomic E-state index is 11.9. The Hall–Kier alpha value is -2.92. The fourth-order valence-corrected chi connectivity index (χ4v) is 2.59. The molecule has 5 nitrogen and oxygen atoms in total. The largest absolute Gasteiger partial charge is 0.480 e. The molecule has 0 aliphatic heterocycles. The van der Waals surface area contributed by atoms with E-state index in [2.05, 4.69) is 4.99 Å². The maximum atomic E-state index is 11.9. The van der Waals surface area contributed by atoms with Crippen LogP contribution >= 0.6 is 11.6 Å². The van der Waals surface area contributed by atoms with E-state index in [4.69, 9.17) is 16.3 Å². The number of nitrogens with zero attached hydrogens (tertiary/aromatic N) is 1. The molecular weight excluding hydrogens is 378 g/mol. The van der Waals surface area contributed by atoms with E-state index in [1.165, 1.54) is 12.3 Å². The second-order valence-corrected chi connectivity index (χ2v) is 6.76. The van der Waals surface area contributed by atoms with Crippen LogP contribution in [0, 0.1) is 5.92 Å². The number of carboxylic acid groups (broad SMARTS) is 1. The lowest BCUT2D eigenvalue weighted by Crippen LogP contribution is -2.25. The molecule has 2 aromatic carbocycles. The Morgan fingerprint density at radius 2 is 1.89 bits per heavy atom. The second kappa shape index (κ2) is 10.4. The van der Waals surface area contributed by atoms with Crippen molar-refractivity contribution in [2.24, 2.45) is 10.9 Å². The Morgan fingerprint density at radius 1 is 1.18 bits per heavy atom. The van der Waals surface area contributed by atoms with Crippen LogP contribution in [-0.4, -0.2) is 29.3 Å². The van der Waals surface area contributed by atoms with Crippen molar-refractivity contribution in [1.82, 2.24) is 0 Å². The first-order chi connectivity index (χ1) is 13.4. The highest BCUT2D eigenvalue weighted by Gasteiger charge is 2.21. The van der Waals surface area contributed by atoms with Gasteiger partial charge in [-0.05, 0) is 59.5 Å². The van der Waals surface area contributed by atoms with Crippen LogP contribution in [0.3, 0.4) is 0 Å². The van der Waals surface area contributed by atoms with Crippen LogP contribution in [0.1, 0.15) is 31.4 Å². The third-order valence-corrected chi connectivity index (χ3v) is 4.41. The molecule has 0 amide bonds. The van der Waals surface area contributed by atoms with E-state index in [1.807, 2.05) is 19.9 Å². The van der Waals surface area contributed by atoms with Crippen molar-refractivity contribution in [3.8, 4) is 5.75 Å². The lowest BCUT2D eigenvalue weighted by molar-refractivity contribution is -0.139. The van der Waals surface area contributed by atoms with Gasteiger partial charge in [0.25, 0.3) is 0 Å². The predicted octanol–water partition coefficient (Wildman–Crippen LogP) is 4.88. The molecule has 2 rings (SSSR count). The lowest BCUT2D eigenvalue weighted by Gasteiger charge is -2.13. The molecule has 0 fully saturated rings. The summed E-state index contributed by atoms with van der Waals surface area (Å²) in [7, 11) is 0. The van der Waals surface area contributed by atoms with Crippen LogP contribution < -0.4 is 4.74 Å². The molecule has 0 bridgehead atoms. The minimum absolute atomic E-state index is 0.0553. The van der Waals surface area contributed by atoms with Crippen molar-refractivity contribution in [3.05, 3.63) is 70.8 Å². The zero-order valence-corrected chi connectivity index (χ0v) is 16.5. The summed E-state index contributed by atoms with van der Waals surface area (Å²) in [6, 6.07) is 13.0. The fraction of sp³-hybridized carbons (Fsp3) is 0.227. The molecule has 28 heavy (non-hydrogen) atoms. The normalized spacial score (nSPS) is 13.5. The van der Waals surface area contributed by atoms with E-state index in [-0.39, 0.29) is 5.92 Å². The first kappa shape index (κ1) is 21.4. The van der Waals surface area contributed by atoms with Crippen LogP contribution in [0.15, 0.2) is 59.6 Å². The first-order valence-corrected chi connectivity index (χ1v) is 9.28. The Balaban J connectivity index is 1.97. The number of esters is 1. The van der Waals surface area contributed by atoms with Crippen LogP contribution in [0.5, 0.6) is 5.75 Å². The number of benzene rings is 2. The second-order valence-electron chi connectivity index (χ2n) is 6.33. The molecule has 0 aliphatic rings. The highest BCUT2D eigenvalue weighted by molar-refractivity contribution is 6.30. The Bertz CT molecular complexity index is 874. The molecule has 0 radical (unpaired) electrons. The number of aliphatic imine (C=N–C) groups is 1. The molecular formula is C22H22ClNO4. The Labute approximate surface area is 169 Å². The van der Waals surface area contributed by atoms with Gasteiger partial charge in [0.15, 0.2) is 0 Å². The van der Waals surface area contributed by atoms with Crippen molar-refractivity contribution < 1.29 is 19.4 Å². The van der Waals surface area contributed by atoms with Crippen molar-refractivity contribution >= 4 is 35.8 Å². The van der Waals surface area contributed by atoms with Gasteiger partial charge in [-0.25, -0.2) is 9.59 Å². The number of rotatable bonds is 8. The number of ether oxygens (including phenoxy) is 1. The Morgan fingerprint density at radius 3 is 2.50 bits per heavy atom. The first-order valence-electron chi connectivity index (χ1n) is 8.90. The molecule has 1 N–H and O–H groups in total. The van der Waals surface area contributed by atoms with Gasteiger partial charge in [0.05, 0.1) is 0 Å². The summed E-state index contributed by atoms with van der Waals surface area (Å²) in [5.41, 5.74) is 1.52. The number of halogens is 1. The van der Waals surface area contributed by atoms with E-state index >= 15 is 0 Å². The van der Waals surface area contributed by atoms with Gasteiger partial charge in [0.1, 0.15) is 11.8 Å². The molecule has 2 atom stereocenters. The SMILES string of the molecule is CCC(C)C(/N=C/c1ccc(OC(=O)/C=C/c2cccc(Cl)c2)cc1)C(=O)O. The third kappa shape index (κ3) is 6.67. The van der Waals surface area contributed by atoms with Crippen molar-refractivity contribution in [2.75, 3.05) is 0 Å². The predicted molar refractivity (Wildman–Crippen MR) is 111 cm³/mol. The standard InChI is InChI=1S/C22H22ClNO4/c1-3-15(2)21(22(26)27)24-14-17-7-10-19(11-8-17)28-20(25)12-9-16-5-4-6-18(23)13-16/h4-15,21H,3H2,1-2H3,(H,26,27)/b12-9+,24-14+. The third-order valence-electron chi connectivity index (χ3n) is 4.18. The zero-order valence-electron chi connectivity index (χ0n) is 15.7. The van der Waals surface area contributed by atoms with Gasteiger partial charge in [-0.2, -0.15) is 0 Å². The highest BCUT2D eigenvalue weighted by atomic mass is 35.5. The average Bonchev–Trinajstić information content (AvgIpc) is 2.67. The van der Waals surface area contributed by atoms with E-state index in [0.717, 1.165) is 17.5 Å². The summed E-state index contributed by atoms with van der Waals surface area (Å²) in [5, 5.41) is 9.85. The fourth-order valence-electron chi connectivity index (χ4n) is 2.39. The van der Waals surface area contributed by atoms with Gasteiger partial charge in [-0.3, -0.25) is 4.99 Å². The van der Waals surface area contributed by atoms with E-state index in [9.17, 15) is 14.7 Å². The van der Waals surface area contributed by atoms with E-state index < -0.39 is 18.0 Å². The van der Waals surface area contributed by atoms with Crippen LogP contribution in [0.4, 0.5) is 0 Å². The summed E-state index contributed by atoms with van der Waals surface area (Å²) in [4.78, 5) is 27.4. The van der Waals surface area contributed by atoms with Gasteiger partial charge in [0.2, 0.25) is 0 Å². The summed E-state index contributed by atoms with van der Waals surface area (Å²) in [6.45, 7) is 3.79. The molecule has 0 heterocycles. The zero-order chi connectivity index (χ0) is 20.5. The molecule has 0 saturated heterocycles. The monoisotopic (exact) mass is 399 g/mol. The van der Waals surface area contributed by atoms with Gasteiger partial charge in [-0.1, -0.05) is 44.0 Å². The number of carbonyl (C=O) groups is 2. The lowest BCUT2D eigenvalue weighted by atomic mass is 10.00. The average molecular weight is 400 g/mol. The molecule has 0 saturated carbocycles. The number of carbonyl (C=O) groups excluding carboxylic acids is 1. The topological polar surface area (TPSA) is 76.0 Å². The summed E-state index contributed by atoms with van der Waals surface area (Å²) in [6.07, 6.45) is 5.20. The highest BCUT2D eigenvalue weighted by Crippen LogP contribution is 2.15. The van der Waals surface area contributed by atoms with Gasteiger partial charge >= 0.3 is 11.9 Å². The quantitative estimate of drug-likeness (QED) is 0.297. The summed E-state index contributed by atoms with van der Waals surface area (Å²) >= 11 is 5.90. The smallest absolute Gasteiger partial charge is 0.336 e. The van der Waals surface area contributed by atoms with Crippen molar-refractivity contribution in [2.45, 2.75) is 26.3 Å². The molecule has 0 spiro atoms. The molecule has 146 valence electrons. The van der Waals surface area contributed by atoms with Crippen molar-refractivity contribution in [1.29, 1.82) is 0 Å². The van der Waals surface area contributed by atoms with Crippen LogP contribution in [0.2, 0.25) is 5.02 Å². The summed E-state index contributed by atoms with van der Waals surface area (Å²) in [5.74, 6) is -1.12. The summed E-state index contributed by atoms with van der Waals surface area (Å²) < 4.78 is 5.24. The van der Waals surface area contributed by atoms with E-state index in [0.29, 0.717) is 10.8 Å². The number of carboxylic acids is 1. The minimum atomic E-state index is -0.942. The minimum Gasteiger partial charge on any atom is -0.480 e. The van der Waals surface area contributed by atoms with E-state index in [1.54, 1.807) is 48.5 Å². The van der Waals surface area contributed by atoms with Crippen LogP contribution in [-0.2, 0) is 9.59 Å². The molecule has 6 heteroatoms. The van der Waals surface area contributed by atoms with Gasteiger partial charge < -0.3 is 9.84 Å². The van der Waals surface area contributed by atoms with Crippen LogP contribution in [0.25, 0.3) is 6.08 Å². The Kier molecular flexibility index (Phi) is 7.96. The molecule has 0 aromatic heterocycles. The van der Waals surface area contributed by atoms with Gasteiger partial charge in [0, 0.05) is 17.3 Å². The number of hydrogen-bond donors (Lipinski definition) is 1. The van der Waals surface area contributed by atoms with Crippen molar-refractivity contribution in [3.63, 3.8) is 0 Å². The molecule has 2 aromatic rings. The molecule has 2 unspecified atom stereocenters. The van der Waals surface area contributed by atoms with Gasteiger partial charge in [-0.15, -0.1) is 0 Å². The number of hydrogen-bond acceptors (Lipinski definition) is 4. The number of aliphatic carboxylic acids is 1.